The summed E-state index contributed by atoms with van der Waals surface area (Å²) in [6, 6.07) is 11.2. The molecule has 3 aromatic rings. The van der Waals surface area contributed by atoms with E-state index in [1.54, 1.807) is 18.6 Å². The fourth-order valence-electron chi connectivity index (χ4n) is 2.61. The summed E-state index contributed by atoms with van der Waals surface area (Å²) >= 11 is 0. The minimum Gasteiger partial charge on any atom is -0.486 e. The predicted molar refractivity (Wildman–Crippen MR) is 96.9 cm³/mol. The first kappa shape index (κ1) is 17.7. The minimum atomic E-state index is -0.246. The molecule has 0 aliphatic heterocycles. The van der Waals surface area contributed by atoms with E-state index in [9.17, 15) is 4.79 Å². The molecule has 0 bridgehead atoms. The number of nitrogens with one attached hydrogen (secondary N) is 1. The number of hydrogen-bond acceptors (Lipinski definition) is 5. The number of ether oxygens (including phenoxy) is 1. The van der Waals surface area contributed by atoms with Gasteiger partial charge < -0.3 is 14.5 Å². The Kier molecular flexibility index (Phi) is 5.63. The molecule has 2 aromatic heterocycles. The summed E-state index contributed by atoms with van der Waals surface area (Å²) in [5.74, 6) is 1.43. The predicted octanol–water partition coefficient (Wildman–Crippen LogP) is 3.32. The second kappa shape index (κ2) is 8.29. The van der Waals surface area contributed by atoms with Crippen molar-refractivity contribution in [2.45, 2.75) is 32.9 Å². The highest BCUT2D eigenvalue weighted by Gasteiger charge is 2.18. The molecule has 6 heteroatoms. The van der Waals surface area contributed by atoms with Gasteiger partial charge in [0.05, 0.1) is 5.69 Å². The zero-order valence-electron chi connectivity index (χ0n) is 14.8. The molecule has 2 heterocycles. The third-order valence-corrected chi connectivity index (χ3v) is 3.81. The monoisotopic (exact) mass is 351 g/mol. The molecule has 1 unspecified atom stereocenters. The van der Waals surface area contributed by atoms with Crippen molar-refractivity contribution in [1.29, 1.82) is 0 Å². The second-order valence-corrected chi connectivity index (χ2v) is 6.10. The fraction of sp³-hybridized carbons (Fsp3) is 0.250. The topological polar surface area (TPSA) is 77.2 Å². The van der Waals surface area contributed by atoms with Gasteiger partial charge >= 0.3 is 0 Å². The van der Waals surface area contributed by atoms with Crippen LogP contribution in [0.15, 0.2) is 59.4 Å². The lowest BCUT2D eigenvalue weighted by molar-refractivity contribution is 0.0907. The quantitative estimate of drug-likeness (QED) is 0.706. The summed E-state index contributed by atoms with van der Waals surface area (Å²) in [7, 11) is 0. The van der Waals surface area contributed by atoms with Crippen LogP contribution in [-0.4, -0.2) is 21.9 Å². The molecule has 3 rings (SSSR count). The number of carbonyl (C=O) groups excluding carboxylic acids is 1. The number of nitrogens with zero attached hydrogens (tertiary/aromatic N) is 2. The molecule has 0 fully saturated rings. The Morgan fingerprint density at radius 1 is 1.27 bits per heavy atom. The molecule has 1 amide bonds. The highest BCUT2D eigenvalue weighted by Crippen LogP contribution is 2.18. The van der Waals surface area contributed by atoms with Crippen molar-refractivity contribution in [3.05, 3.63) is 77.8 Å². The van der Waals surface area contributed by atoms with Crippen LogP contribution >= 0.6 is 0 Å². The molecule has 6 nitrogen and oxygen atoms in total. The van der Waals surface area contributed by atoms with Crippen LogP contribution in [0.1, 0.15) is 34.5 Å². The summed E-state index contributed by atoms with van der Waals surface area (Å²) in [5.41, 5.74) is 1.61. The smallest absolute Gasteiger partial charge is 0.287 e. The first-order chi connectivity index (χ1) is 12.6. The van der Waals surface area contributed by atoms with Crippen LogP contribution in [0, 0.1) is 6.92 Å². The van der Waals surface area contributed by atoms with Gasteiger partial charge in [0.25, 0.3) is 5.91 Å². The van der Waals surface area contributed by atoms with Crippen LogP contribution in [0.5, 0.6) is 5.75 Å². The van der Waals surface area contributed by atoms with Crippen molar-refractivity contribution in [2.24, 2.45) is 0 Å². The van der Waals surface area contributed by atoms with Crippen LogP contribution in [0.4, 0.5) is 0 Å². The van der Waals surface area contributed by atoms with Crippen molar-refractivity contribution in [3.8, 4) is 5.75 Å². The number of carbonyl (C=O) groups is 1. The lowest BCUT2D eigenvalue weighted by Crippen LogP contribution is -2.34. The molecular formula is C20H21N3O3. The second-order valence-electron chi connectivity index (χ2n) is 6.10. The van der Waals surface area contributed by atoms with E-state index in [2.05, 4.69) is 15.3 Å². The van der Waals surface area contributed by atoms with Crippen molar-refractivity contribution < 1.29 is 13.9 Å². The summed E-state index contributed by atoms with van der Waals surface area (Å²) in [6.07, 6.45) is 5.56. The van der Waals surface area contributed by atoms with E-state index in [0.717, 1.165) is 17.0 Å². The minimum absolute atomic E-state index is 0.0901. The van der Waals surface area contributed by atoms with Gasteiger partial charge in [0.15, 0.2) is 5.76 Å². The molecular weight excluding hydrogens is 330 g/mol. The molecule has 0 spiro atoms. The van der Waals surface area contributed by atoms with Gasteiger partial charge in [0.1, 0.15) is 18.1 Å². The first-order valence-corrected chi connectivity index (χ1v) is 8.44. The molecule has 134 valence electrons. The molecule has 0 saturated carbocycles. The zero-order chi connectivity index (χ0) is 18.4. The summed E-state index contributed by atoms with van der Waals surface area (Å²) in [6.45, 7) is 4.04. The average molecular weight is 351 g/mol. The van der Waals surface area contributed by atoms with Gasteiger partial charge in [-0.3, -0.25) is 14.8 Å². The van der Waals surface area contributed by atoms with E-state index in [1.165, 1.54) is 0 Å². The van der Waals surface area contributed by atoms with Crippen molar-refractivity contribution >= 4 is 5.91 Å². The van der Waals surface area contributed by atoms with Crippen LogP contribution in [-0.2, 0) is 13.0 Å². The largest absolute Gasteiger partial charge is 0.486 e. The van der Waals surface area contributed by atoms with Gasteiger partial charge in [-0.25, -0.2) is 0 Å². The van der Waals surface area contributed by atoms with Gasteiger partial charge in [-0.15, -0.1) is 0 Å². The lowest BCUT2D eigenvalue weighted by Gasteiger charge is -2.12. The number of hydrogen-bond donors (Lipinski definition) is 1. The standard InChI is InChI=1S/C20H21N3O3/c1-14-10-18(13-25-17-6-4-3-5-7-17)26-19(14)20(24)23-15(2)11-16-12-21-8-9-22-16/h3-10,12,15H,11,13H2,1-2H3,(H,23,24). The van der Waals surface area contributed by atoms with Gasteiger partial charge in [-0.2, -0.15) is 0 Å². The van der Waals surface area contributed by atoms with Crippen molar-refractivity contribution in [3.63, 3.8) is 0 Å². The Balaban J connectivity index is 1.58. The zero-order valence-corrected chi connectivity index (χ0v) is 14.8. The molecule has 0 saturated heterocycles. The third kappa shape index (κ3) is 4.69. The Morgan fingerprint density at radius 3 is 2.81 bits per heavy atom. The molecule has 0 aliphatic rings. The van der Waals surface area contributed by atoms with E-state index >= 15 is 0 Å². The number of rotatable bonds is 7. The number of aromatic nitrogens is 2. The molecule has 1 N–H and O–H groups in total. The van der Waals surface area contributed by atoms with Crippen LogP contribution in [0.3, 0.4) is 0 Å². The number of amides is 1. The maximum absolute atomic E-state index is 12.5. The fourth-order valence-corrected chi connectivity index (χ4v) is 2.61. The normalized spacial score (nSPS) is 11.8. The van der Waals surface area contributed by atoms with Crippen molar-refractivity contribution in [2.75, 3.05) is 0 Å². The average Bonchev–Trinajstić information content (AvgIpc) is 3.02. The first-order valence-electron chi connectivity index (χ1n) is 8.44. The number of benzene rings is 1. The maximum atomic E-state index is 12.5. The van der Waals surface area contributed by atoms with Crippen LogP contribution < -0.4 is 10.1 Å². The van der Waals surface area contributed by atoms with Gasteiger partial charge in [0.2, 0.25) is 0 Å². The van der Waals surface area contributed by atoms with E-state index < -0.39 is 0 Å². The SMILES string of the molecule is Cc1cc(COc2ccccc2)oc1C(=O)NC(C)Cc1cnccn1. The molecule has 1 atom stereocenters. The van der Waals surface area contributed by atoms with Crippen LogP contribution in [0.25, 0.3) is 0 Å². The van der Waals surface area contributed by atoms with E-state index in [4.69, 9.17) is 9.15 Å². The van der Waals surface area contributed by atoms with E-state index in [-0.39, 0.29) is 18.6 Å². The Morgan fingerprint density at radius 2 is 2.08 bits per heavy atom. The van der Waals surface area contributed by atoms with Gasteiger partial charge in [-0.05, 0) is 32.0 Å². The summed E-state index contributed by atoms with van der Waals surface area (Å²) in [4.78, 5) is 20.7. The Bertz CT molecular complexity index is 847. The molecule has 1 aromatic carbocycles. The third-order valence-electron chi connectivity index (χ3n) is 3.81. The van der Waals surface area contributed by atoms with Gasteiger partial charge in [0, 0.05) is 36.6 Å². The number of aryl methyl sites for hydroxylation is 1. The number of furan rings is 1. The highest BCUT2D eigenvalue weighted by molar-refractivity contribution is 5.93. The van der Waals surface area contributed by atoms with Crippen LogP contribution in [0.2, 0.25) is 0 Å². The highest BCUT2D eigenvalue weighted by atomic mass is 16.5. The molecule has 0 aliphatic carbocycles. The molecule has 0 radical (unpaired) electrons. The number of para-hydroxylation sites is 1. The summed E-state index contributed by atoms with van der Waals surface area (Å²) in [5, 5.41) is 2.93. The maximum Gasteiger partial charge on any atom is 0.287 e. The molecule has 26 heavy (non-hydrogen) atoms. The van der Waals surface area contributed by atoms with Gasteiger partial charge in [-0.1, -0.05) is 18.2 Å². The van der Waals surface area contributed by atoms with Crippen molar-refractivity contribution in [1.82, 2.24) is 15.3 Å². The summed E-state index contributed by atoms with van der Waals surface area (Å²) < 4.78 is 11.3. The Hall–Kier alpha value is -3.15. The Labute approximate surface area is 152 Å². The van der Waals surface area contributed by atoms with E-state index in [0.29, 0.717) is 17.9 Å². The lowest BCUT2D eigenvalue weighted by atomic mass is 10.1. The van der Waals surface area contributed by atoms with E-state index in [1.807, 2.05) is 50.2 Å².